The molecule has 0 bridgehead atoms. The van der Waals surface area contributed by atoms with Gasteiger partial charge in [0.2, 0.25) is 0 Å². The third-order valence-corrected chi connectivity index (χ3v) is 2.65. The van der Waals surface area contributed by atoms with Crippen molar-refractivity contribution in [1.29, 1.82) is 0 Å². The Morgan fingerprint density at radius 2 is 2.00 bits per heavy atom. The van der Waals surface area contributed by atoms with Crippen LogP contribution in [0.5, 0.6) is 0 Å². The molecule has 2 atom stereocenters. The lowest BCUT2D eigenvalue weighted by atomic mass is 10.5. The van der Waals surface area contributed by atoms with Gasteiger partial charge in [-0.25, -0.2) is 0 Å². The van der Waals surface area contributed by atoms with Crippen molar-refractivity contribution in [3.05, 3.63) is 0 Å². The summed E-state index contributed by atoms with van der Waals surface area (Å²) in [5.74, 6) is -3.06. The fourth-order valence-electron chi connectivity index (χ4n) is 0.399. The van der Waals surface area contributed by atoms with Crippen LogP contribution >= 0.6 is 0 Å². The SMILES string of the molecule is CC(C(=O)O)S(=O)CC(F)(F)F. The summed E-state index contributed by atoms with van der Waals surface area (Å²) < 4.78 is 45.2. The quantitative estimate of drug-likeness (QED) is 0.738. The molecule has 0 saturated carbocycles. The fourth-order valence-corrected chi connectivity index (χ4v) is 1.20. The Labute approximate surface area is 69.0 Å². The first-order valence-corrected chi connectivity index (χ1v) is 4.29. The van der Waals surface area contributed by atoms with Crippen molar-refractivity contribution in [1.82, 2.24) is 0 Å². The van der Waals surface area contributed by atoms with E-state index < -0.39 is 33.9 Å². The molecule has 12 heavy (non-hydrogen) atoms. The summed E-state index contributed by atoms with van der Waals surface area (Å²) in [7, 11) is -2.39. The fraction of sp³-hybridized carbons (Fsp3) is 0.800. The van der Waals surface area contributed by atoms with Crippen LogP contribution in [0.2, 0.25) is 0 Å². The summed E-state index contributed by atoms with van der Waals surface area (Å²) >= 11 is 0. The van der Waals surface area contributed by atoms with Gasteiger partial charge >= 0.3 is 12.1 Å². The molecule has 0 spiro atoms. The molecule has 0 saturated heterocycles. The minimum atomic E-state index is -4.57. The number of rotatable bonds is 3. The molecule has 2 unspecified atom stereocenters. The van der Waals surface area contributed by atoms with Gasteiger partial charge in [0.15, 0.2) is 0 Å². The minimum Gasteiger partial charge on any atom is -0.480 e. The zero-order valence-corrected chi connectivity index (χ0v) is 6.91. The second-order valence-corrected chi connectivity index (χ2v) is 3.88. The zero-order valence-electron chi connectivity index (χ0n) is 6.09. The Morgan fingerprint density at radius 3 is 2.25 bits per heavy atom. The first kappa shape index (κ1) is 11.4. The molecular weight excluding hydrogens is 197 g/mol. The lowest BCUT2D eigenvalue weighted by Gasteiger charge is -2.08. The van der Waals surface area contributed by atoms with Gasteiger partial charge in [0, 0.05) is 10.8 Å². The van der Waals surface area contributed by atoms with E-state index in [0.717, 1.165) is 6.92 Å². The minimum absolute atomic E-state index is 0.976. The smallest absolute Gasteiger partial charge is 0.400 e. The summed E-state index contributed by atoms with van der Waals surface area (Å²) in [6.07, 6.45) is -4.57. The molecule has 1 N–H and O–H groups in total. The van der Waals surface area contributed by atoms with E-state index in [4.69, 9.17) is 5.11 Å². The first-order valence-electron chi connectivity index (χ1n) is 2.91. The van der Waals surface area contributed by atoms with Crippen LogP contribution in [0.1, 0.15) is 6.92 Å². The third-order valence-electron chi connectivity index (χ3n) is 1.05. The number of hydrogen-bond acceptors (Lipinski definition) is 2. The highest BCUT2D eigenvalue weighted by molar-refractivity contribution is 7.86. The molecular formula is C5H7F3O3S. The van der Waals surface area contributed by atoms with E-state index in [9.17, 15) is 22.2 Å². The number of carbonyl (C=O) groups is 1. The van der Waals surface area contributed by atoms with Crippen molar-refractivity contribution in [2.45, 2.75) is 18.3 Å². The topological polar surface area (TPSA) is 54.4 Å². The molecule has 3 nitrogen and oxygen atoms in total. The molecule has 7 heteroatoms. The van der Waals surface area contributed by atoms with E-state index in [2.05, 4.69) is 0 Å². The summed E-state index contributed by atoms with van der Waals surface area (Å²) in [5, 5.41) is 6.71. The molecule has 0 amide bonds. The van der Waals surface area contributed by atoms with Gasteiger partial charge in [0.25, 0.3) is 0 Å². The summed E-state index contributed by atoms with van der Waals surface area (Å²) in [4.78, 5) is 10.1. The van der Waals surface area contributed by atoms with Gasteiger partial charge in [-0.3, -0.25) is 9.00 Å². The maximum atomic E-state index is 11.5. The molecule has 0 aromatic carbocycles. The van der Waals surface area contributed by atoms with E-state index in [-0.39, 0.29) is 0 Å². The largest absolute Gasteiger partial charge is 0.480 e. The van der Waals surface area contributed by atoms with Crippen LogP contribution in [0.25, 0.3) is 0 Å². The number of carboxylic acid groups (broad SMARTS) is 1. The van der Waals surface area contributed by atoms with Crippen molar-refractivity contribution in [2.75, 3.05) is 5.75 Å². The lowest BCUT2D eigenvalue weighted by Crippen LogP contribution is -2.29. The van der Waals surface area contributed by atoms with Gasteiger partial charge in [-0.2, -0.15) is 13.2 Å². The number of carboxylic acids is 1. The van der Waals surface area contributed by atoms with Crippen LogP contribution in [0, 0.1) is 0 Å². The Kier molecular flexibility index (Phi) is 3.69. The van der Waals surface area contributed by atoms with Crippen molar-refractivity contribution >= 4 is 16.8 Å². The Bertz CT molecular complexity index is 201. The summed E-state index contributed by atoms with van der Waals surface area (Å²) in [6.45, 7) is 0.976. The highest BCUT2D eigenvalue weighted by atomic mass is 32.2. The number of aliphatic carboxylic acids is 1. The predicted molar refractivity (Wildman–Crippen MR) is 36.2 cm³/mol. The van der Waals surface area contributed by atoms with Crippen LogP contribution < -0.4 is 0 Å². The van der Waals surface area contributed by atoms with Crippen molar-refractivity contribution in [3.63, 3.8) is 0 Å². The van der Waals surface area contributed by atoms with E-state index in [1.54, 1.807) is 0 Å². The molecule has 0 aliphatic heterocycles. The molecule has 0 aromatic rings. The Balaban J connectivity index is 4.15. The Morgan fingerprint density at radius 1 is 1.58 bits per heavy atom. The van der Waals surface area contributed by atoms with Crippen molar-refractivity contribution in [3.8, 4) is 0 Å². The van der Waals surface area contributed by atoms with E-state index in [0.29, 0.717) is 0 Å². The second kappa shape index (κ2) is 3.88. The standard InChI is InChI=1S/C5H7F3O3S/c1-3(4(9)10)12(11)2-5(6,7)8/h3H,2H2,1H3,(H,9,10). The molecule has 0 aromatic heterocycles. The van der Waals surface area contributed by atoms with Gasteiger partial charge in [0.1, 0.15) is 11.0 Å². The Hall–Kier alpha value is -0.590. The zero-order chi connectivity index (χ0) is 9.94. The average molecular weight is 204 g/mol. The predicted octanol–water partition coefficient (Wildman–Crippen LogP) is 0.770. The monoisotopic (exact) mass is 204 g/mol. The van der Waals surface area contributed by atoms with Crippen LogP contribution in [0.3, 0.4) is 0 Å². The van der Waals surface area contributed by atoms with Gasteiger partial charge < -0.3 is 5.11 Å². The van der Waals surface area contributed by atoms with Crippen LogP contribution in [0.4, 0.5) is 13.2 Å². The van der Waals surface area contributed by atoms with Gasteiger partial charge in [-0.05, 0) is 6.92 Å². The van der Waals surface area contributed by atoms with E-state index >= 15 is 0 Å². The average Bonchev–Trinajstić information content (AvgIpc) is 1.82. The van der Waals surface area contributed by atoms with E-state index in [1.165, 1.54) is 0 Å². The lowest BCUT2D eigenvalue weighted by molar-refractivity contribution is -0.136. The first-order chi connectivity index (χ1) is 5.24. The normalized spacial score (nSPS) is 17.0. The third kappa shape index (κ3) is 4.32. The van der Waals surface area contributed by atoms with Crippen molar-refractivity contribution in [2.24, 2.45) is 0 Å². The maximum absolute atomic E-state index is 11.5. The number of alkyl halides is 3. The van der Waals surface area contributed by atoms with Crippen LogP contribution in [-0.4, -0.2) is 32.5 Å². The maximum Gasteiger partial charge on any atom is 0.400 e. The van der Waals surface area contributed by atoms with Crippen LogP contribution in [-0.2, 0) is 15.6 Å². The molecule has 0 radical (unpaired) electrons. The molecule has 0 aliphatic rings. The highest BCUT2D eigenvalue weighted by Gasteiger charge is 2.34. The van der Waals surface area contributed by atoms with Gasteiger partial charge in [0.05, 0.1) is 0 Å². The second-order valence-electron chi connectivity index (χ2n) is 2.12. The molecule has 0 heterocycles. The molecule has 0 aliphatic carbocycles. The number of halogens is 3. The summed E-state index contributed by atoms with van der Waals surface area (Å²) in [5.41, 5.74) is 0. The van der Waals surface area contributed by atoms with Gasteiger partial charge in [-0.15, -0.1) is 0 Å². The molecule has 0 fully saturated rings. The molecule has 72 valence electrons. The van der Waals surface area contributed by atoms with E-state index in [1.807, 2.05) is 0 Å². The van der Waals surface area contributed by atoms with Crippen LogP contribution in [0.15, 0.2) is 0 Å². The molecule has 0 rings (SSSR count). The van der Waals surface area contributed by atoms with Gasteiger partial charge in [-0.1, -0.05) is 0 Å². The number of hydrogen-bond donors (Lipinski definition) is 1. The summed E-state index contributed by atoms with van der Waals surface area (Å²) in [6, 6.07) is 0. The van der Waals surface area contributed by atoms with Crippen molar-refractivity contribution < 1.29 is 27.3 Å². The highest BCUT2D eigenvalue weighted by Crippen LogP contribution is 2.17.